The van der Waals surface area contributed by atoms with Gasteiger partial charge in [-0.15, -0.1) is 0 Å². The van der Waals surface area contributed by atoms with E-state index in [2.05, 4.69) is 10.6 Å². The van der Waals surface area contributed by atoms with Gasteiger partial charge < -0.3 is 30.3 Å². The van der Waals surface area contributed by atoms with E-state index >= 15 is 4.39 Å². The van der Waals surface area contributed by atoms with Crippen molar-refractivity contribution in [3.63, 3.8) is 0 Å². The summed E-state index contributed by atoms with van der Waals surface area (Å²) in [6.07, 6.45) is 0.187. The van der Waals surface area contributed by atoms with Gasteiger partial charge in [-0.05, 0) is 64.0 Å². The number of benzene rings is 2. The Morgan fingerprint density at radius 1 is 1.00 bits per heavy atom. The Hall–Kier alpha value is -2.55. The molecule has 2 aromatic carbocycles. The summed E-state index contributed by atoms with van der Waals surface area (Å²) in [4.78, 5) is 37.7. The first kappa shape index (κ1) is 39.2. The summed E-state index contributed by atoms with van der Waals surface area (Å²) < 4.78 is 20.9. The molecular formula is C26H20B11FN4O7. The van der Waals surface area contributed by atoms with E-state index < -0.39 is 78.7 Å². The Labute approximate surface area is 297 Å². The lowest BCUT2D eigenvalue weighted by Gasteiger charge is -2.74. The molecule has 49 heavy (non-hydrogen) atoms. The molecule has 2 heterocycles. The minimum absolute atomic E-state index is 0.0393. The average Bonchev–Trinajstić information content (AvgIpc) is 2.94. The molecule has 11 nitrogen and oxygen atoms in total. The first-order valence-corrected chi connectivity index (χ1v) is 14.3. The van der Waals surface area contributed by atoms with Crippen LogP contribution in [0.25, 0.3) is 0 Å². The van der Waals surface area contributed by atoms with Crippen LogP contribution >= 0.6 is 0 Å². The molecule has 0 bridgehead atoms. The van der Waals surface area contributed by atoms with E-state index in [1.54, 1.807) is 0 Å². The normalized spacial score (nSPS) is 23.3. The molecule has 22 radical (unpaired) electrons. The molecule has 2 unspecified atom stereocenters. The fourth-order valence-corrected chi connectivity index (χ4v) is 5.79. The Morgan fingerprint density at radius 2 is 1.57 bits per heavy atom. The molecule has 2 saturated heterocycles. The molecule has 0 aromatic heterocycles. The van der Waals surface area contributed by atoms with E-state index in [0.717, 1.165) is 17.0 Å². The SMILES string of the molecule is [B]C([B])(c1ccc(C(O)(O)Nc2cccc(C=O)c2C([B])(O)N(C)C2CCC(=O)NC2=O)c(F)c1)N1C([B])([B])C([B])([B])OC([B])([B])C1([B])[B]. The van der Waals surface area contributed by atoms with Gasteiger partial charge in [0.15, 0.2) is 6.29 Å². The second-order valence-corrected chi connectivity index (χ2v) is 12.2. The number of carbonyl (C=O) groups excluding carboxylic acids is 3. The third-order valence-corrected chi connectivity index (χ3v) is 8.62. The zero-order chi connectivity index (χ0) is 37.3. The minimum Gasteiger partial charge on any atom is -0.406 e. The average molecular weight is 638 g/mol. The molecule has 0 spiro atoms. The molecule has 5 N–H and O–H groups in total. The molecule has 2 aromatic rings. The summed E-state index contributed by atoms with van der Waals surface area (Å²) in [5.41, 5.74) is -5.03. The van der Waals surface area contributed by atoms with Gasteiger partial charge in [0.2, 0.25) is 11.8 Å². The maximum absolute atomic E-state index is 15.8. The molecule has 2 fully saturated rings. The second-order valence-electron chi connectivity index (χ2n) is 12.2. The van der Waals surface area contributed by atoms with E-state index in [0.29, 0.717) is 17.3 Å². The molecule has 2 atom stereocenters. The number of likely N-dealkylation sites (N-methyl/N-ethyl adjacent to an activating group) is 1. The van der Waals surface area contributed by atoms with Crippen molar-refractivity contribution >= 4 is 110 Å². The van der Waals surface area contributed by atoms with Crippen LogP contribution in [0.5, 0.6) is 0 Å². The van der Waals surface area contributed by atoms with Crippen LogP contribution in [-0.2, 0) is 31.2 Å². The summed E-state index contributed by atoms with van der Waals surface area (Å²) in [5.74, 6) is -6.01. The molecule has 2 aliphatic rings. The highest BCUT2D eigenvalue weighted by atomic mass is 19.1. The number of anilines is 1. The molecule has 0 saturated carbocycles. The lowest BCUT2D eigenvalue weighted by molar-refractivity contribution is -0.147. The monoisotopic (exact) mass is 640 g/mol. The number of hydrogen-bond acceptors (Lipinski definition) is 10. The number of piperidine rings is 1. The van der Waals surface area contributed by atoms with Crippen LogP contribution in [0.4, 0.5) is 10.1 Å². The number of ether oxygens (including phenoxy) is 1. The Morgan fingerprint density at radius 3 is 2.08 bits per heavy atom. The van der Waals surface area contributed by atoms with Crippen LogP contribution in [0.2, 0.25) is 0 Å². The summed E-state index contributed by atoms with van der Waals surface area (Å²) in [6, 6.07) is 4.99. The van der Waals surface area contributed by atoms with E-state index in [1.165, 1.54) is 25.2 Å². The lowest BCUT2D eigenvalue weighted by Crippen LogP contribution is -2.88. The van der Waals surface area contributed by atoms with Crippen LogP contribution in [0.15, 0.2) is 36.4 Å². The van der Waals surface area contributed by atoms with E-state index in [9.17, 15) is 29.7 Å². The number of amides is 2. The number of imide groups is 1. The maximum atomic E-state index is 15.8. The summed E-state index contributed by atoms with van der Waals surface area (Å²) in [6.45, 7) is 0. The van der Waals surface area contributed by atoms with Crippen LogP contribution in [0.1, 0.15) is 39.9 Å². The van der Waals surface area contributed by atoms with Gasteiger partial charge in [-0.3, -0.25) is 24.6 Å². The highest BCUT2D eigenvalue weighted by molar-refractivity contribution is 6.60. The highest BCUT2D eigenvalue weighted by Gasteiger charge is 2.60. The molecule has 226 valence electrons. The Bertz CT molecular complexity index is 1650. The number of hydrogen-bond donors (Lipinski definition) is 5. The highest BCUT2D eigenvalue weighted by Crippen LogP contribution is 2.46. The van der Waals surface area contributed by atoms with Gasteiger partial charge >= 0.3 is 0 Å². The number of nitrogens with zero attached hydrogens (tertiary/aromatic N) is 2. The predicted molar refractivity (Wildman–Crippen MR) is 185 cm³/mol. The maximum Gasteiger partial charge on any atom is 0.275 e. The van der Waals surface area contributed by atoms with E-state index in [1.807, 2.05) is 0 Å². The molecule has 2 amide bonds. The second kappa shape index (κ2) is 12.6. The standard InChI is InChI=1S/C26H20B11FN4O7/c1-41(16-7-8-17(44)39-19(16)45)21(29,46)18-11(10-43)3-2-4-15(18)40-22(47,48)13-6-5-12(9-14(13)38)20(27,28)42-23(30,31)25(34,35)49-26(36,37)24(42,32)33/h2-6,9-10,16,40,46-48H,7-8H2,1H3,(H,39,44,45). The van der Waals surface area contributed by atoms with E-state index in [4.69, 9.17) is 91.0 Å². The van der Waals surface area contributed by atoms with Crippen molar-refractivity contribution in [3.8, 4) is 0 Å². The van der Waals surface area contributed by atoms with Gasteiger partial charge in [-0.2, -0.15) is 0 Å². The fraction of sp³-hybridized carbons (Fsp3) is 0.423. The first-order chi connectivity index (χ1) is 22.2. The van der Waals surface area contributed by atoms with E-state index in [-0.39, 0.29) is 24.1 Å². The number of morpholine rings is 1. The Balaban J connectivity index is 1.74. The van der Waals surface area contributed by atoms with Crippen molar-refractivity contribution in [2.45, 2.75) is 57.2 Å². The molecular weight excluding hydrogens is 618 g/mol. The van der Waals surface area contributed by atoms with Gasteiger partial charge in [0.05, 0.1) is 95.7 Å². The number of nitrogens with one attached hydrogen (secondary N) is 2. The number of carbonyl (C=O) groups is 3. The van der Waals surface area contributed by atoms with Crippen LogP contribution < -0.4 is 10.6 Å². The third-order valence-electron chi connectivity index (χ3n) is 8.62. The predicted octanol–water partition coefficient (Wildman–Crippen LogP) is -5.40. The van der Waals surface area contributed by atoms with Crippen molar-refractivity contribution in [1.82, 2.24) is 15.1 Å². The Kier molecular flexibility index (Phi) is 10.1. The minimum atomic E-state index is -3.32. The fourth-order valence-electron chi connectivity index (χ4n) is 5.79. The van der Waals surface area contributed by atoms with Crippen molar-refractivity contribution < 1.29 is 38.8 Å². The van der Waals surface area contributed by atoms with Crippen LogP contribution in [-0.4, -0.2) is 164 Å². The zero-order valence-corrected chi connectivity index (χ0v) is 26.1. The summed E-state index contributed by atoms with van der Waals surface area (Å²) in [5, 5.41) is 25.0. The summed E-state index contributed by atoms with van der Waals surface area (Å²) >= 11 is 0. The molecule has 0 aliphatic carbocycles. The first-order valence-electron chi connectivity index (χ1n) is 14.3. The quantitative estimate of drug-likeness (QED) is 0.0780. The third kappa shape index (κ3) is 6.55. The topological polar surface area (TPSA) is 152 Å². The summed E-state index contributed by atoms with van der Waals surface area (Å²) in [7, 11) is 68.2. The molecule has 2 aliphatic heterocycles. The molecule has 4 rings (SSSR count). The van der Waals surface area contributed by atoms with Gasteiger partial charge in [0, 0.05) is 23.2 Å². The van der Waals surface area contributed by atoms with Crippen molar-refractivity contribution in [2.24, 2.45) is 0 Å². The van der Waals surface area contributed by atoms with Crippen molar-refractivity contribution in [1.29, 1.82) is 0 Å². The van der Waals surface area contributed by atoms with Crippen LogP contribution in [0.3, 0.4) is 0 Å². The number of halogens is 1. The van der Waals surface area contributed by atoms with Gasteiger partial charge in [-0.25, -0.2) is 4.39 Å². The van der Waals surface area contributed by atoms with Crippen LogP contribution in [0, 0.1) is 5.82 Å². The van der Waals surface area contributed by atoms with Crippen molar-refractivity contribution in [3.05, 3.63) is 64.5 Å². The lowest BCUT2D eigenvalue weighted by atomic mass is 9.28. The number of rotatable bonds is 9. The zero-order valence-electron chi connectivity index (χ0n) is 26.1. The number of aliphatic hydroxyl groups is 3. The van der Waals surface area contributed by atoms with Crippen molar-refractivity contribution in [2.75, 3.05) is 12.4 Å². The smallest absolute Gasteiger partial charge is 0.275 e. The van der Waals surface area contributed by atoms with Gasteiger partial charge in [-0.1, -0.05) is 18.2 Å². The van der Waals surface area contributed by atoms with Gasteiger partial charge in [0.1, 0.15) is 13.7 Å². The molecule has 23 heteroatoms. The largest absolute Gasteiger partial charge is 0.406 e. The number of aldehydes is 1. The van der Waals surface area contributed by atoms with Gasteiger partial charge in [0.25, 0.3) is 5.91 Å².